The van der Waals surface area contributed by atoms with Crippen molar-refractivity contribution in [2.45, 2.75) is 0 Å². The minimum absolute atomic E-state index is 0.148. The smallest absolute Gasteiger partial charge is 0.258 e. The number of ether oxygens (including phenoxy) is 1. The van der Waals surface area contributed by atoms with Gasteiger partial charge in [0.2, 0.25) is 10.0 Å². The Bertz CT molecular complexity index is 887. The van der Waals surface area contributed by atoms with Gasteiger partial charge in [0.15, 0.2) is 0 Å². The van der Waals surface area contributed by atoms with Crippen LogP contribution in [0.1, 0.15) is 10.4 Å². The molecule has 0 fully saturated rings. The highest BCUT2D eigenvalue weighted by molar-refractivity contribution is 7.92. The van der Waals surface area contributed by atoms with Crippen molar-refractivity contribution in [2.75, 3.05) is 23.4 Å². The van der Waals surface area contributed by atoms with Crippen molar-refractivity contribution >= 4 is 38.9 Å². The van der Waals surface area contributed by atoms with Gasteiger partial charge in [0.25, 0.3) is 5.91 Å². The summed E-state index contributed by atoms with van der Waals surface area (Å²) in [5.74, 6) is -1.18. The number of amides is 1. The molecule has 0 aliphatic carbocycles. The largest absolute Gasteiger partial charge is 0.495 e. The van der Waals surface area contributed by atoms with Gasteiger partial charge < -0.3 is 10.1 Å². The molecule has 128 valence electrons. The number of sulfonamides is 1. The topological polar surface area (TPSA) is 84.5 Å². The fourth-order valence-electron chi connectivity index (χ4n) is 1.94. The van der Waals surface area contributed by atoms with Crippen LogP contribution in [0.5, 0.6) is 5.75 Å². The van der Waals surface area contributed by atoms with Crippen molar-refractivity contribution in [1.29, 1.82) is 0 Å². The molecule has 0 radical (unpaired) electrons. The van der Waals surface area contributed by atoms with E-state index in [4.69, 9.17) is 16.3 Å². The summed E-state index contributed by atoms with van der Waals surface area (Å²) in [6.07, 6.45) is 0.987. The van der Waals surface area contributed by atoms with Gasteiger partial charge >= 0.3 is 0 Å². The zero-order chi connectivity index (χ0) is 17.9. The Morgan fingerprint density at radius 1 is 1.21 bits per heavy atom. The quantitative estimate of drug-likeness (QED) is 0.844. The maximum atomic E-state index is 13.8. The number of rotatable bonds is 5. The third-order valence-electron chi connectivity index (χ3n) is 2.93. The van der Waals surface area contributed by atoms with Crippen LogP contribution < -0.4 is 14.8 Å². The number of nitrogens with one attached hydrogen (secondary N) is 2. The molecule has 0 saturated heterocycles. The highest BCUT2D eigenvalue weighted by Gasteiger charge is 2.14. The van der Waals surface area contributed by atoms with Gasteiger partial charge in [0, 0.05) is 10.7 Å². The van der Waals surface area contributed by atoms with Crippen LogP contribution in [-0.2, 0) is 10.0 Å². The zero-order valence-corrected chi connectivity index (χ0v) is 14.3. The van der Waals surface area contributed by atoms with E-state index in [1.807, 2.05) is 0 Å². The molecule has 0 heterocycles. The molecule has 0 aromatic heterocycles. The van der Waals surface area contributed by atoms with Crippen molar-refractivity contribution < 1.29 is 22.3 Å². The van der Waals surface area contributed by atoms with Crippen LogP contribution >= 0.6 is 11.6 Å². The Kier molecular flexibility index (Phi) is 5.30. The summed E-state index contributed by atoms with van der Waals surface area (Å²) in [4.78, 5) is 12.1. The van der Waals surface area contributed by atoms with E-state index in [0.717, 1.165) is 12.3 Å². The summed E-state index contributed by atoms with van der Waals surface area (Å²) in [6.45, 7) is 0. The first kappa shape index (κ1) is 18.0. The van der Waals surface area contributed by atoms with E-state index >= 15 is 0 Å². The molecule has 2 aromatic carbocycles. The lowest BCUT2D eigenvalue weighted by Gasteiger charge is -2.12. The predicted octanol–water partition coefficient (Wildman–Crippen LogP) is 3.11. The molecule has 24 heavy (non-hydrogen) atoms. The van der Waals surface area contributed by atoms with E-state index in [-0.39, 0.29) is 27.7 Å². The minimum atomic E-state index is -3.54. The van der Waals surface area contributed by atoms with Crippen LogP contribution in [0.15, 0.2) is 36.4 Å². The molecular formula is C15H14ClFN2O4S. The summed E-state index contributed by atoms with van der Waals surface area (Å²) >= 11 is 5.65. The van der Waals surface area contributed by atoms with Crippen LogP contribution in [0.25, 0.3) is 0 Å². The van der Waals surface area contributed by atoms with Crippen molar-refractivity contribution in [3.05, 3.63) is 52.8 Å². The number of hydrogen-bond acceptors (Lipinski definition) is 4. The number of hydrogen-bond donors (Lipinski definition) is 2. The normalized spacial score (nSPS) is 11.0. The second kappa shape index (κ2) is 7.06. The predicted molar refractivity (Wildman–Crippen MR) is 90.8 cm³/mol. The Hall–Kier alpha value is -2.32. The second-order valence-corrected chi connectivity index (χ2v) is 7.05. The summed E-state index contributed by atoms with van der Waals surface area (Å²) in [7, 11) is -2.16. The Morgan fingerprint density at radius 3 is 2.50 bits per heavy atom. The molecule has 0 aliphatic rings. The van der Waals surface area contributed by atoms with Gasteiger partial charge in [-0.25, -0.2) is 12.8 Å². The molecule has 1 amide bonds. The van der Waals surface area contributed by atoms with Crippen LogP contribution in [0.4, 0.5) is 15.8 Å². The SMILES string of the molecule is COc1ccc(NC(=O)c2ccc(Cl)cc2F)cc1NS(C)(=O)=O. The molecule has 2 aromatic rings. The molecule has 6 nitrogen and oxygen atoms in total. The van der Waals surface area contributed by atoms with Crippen molar-refractivity contribution in [3.8, 4) is 5.75 Å². The Labute approximate surface area is 143 Å². The standard InChI is InChI=1S/C15H14ClFN2O4S/c1-23-14-6-4-10(8-13(14)19-24(2,21)22)18-15(20)11-5-3-9(16)7-12(11)17/h3-8,19H,1-2H3,(H,18,20). The van der Waals surface area contributed by atoms with Crippen molar-refractivity contribution in [1.82, 2.24) is 0 Å². The summed E-state index contributed by atoms with van der Waals surface area (Å²) in [5.41, 5.74) is 0.225. The summed E-state index contributed by atoms with van der Waals surface area (Å²) < 4.78 is 43.9. The Balaban J connectivity index is 2.29. The van der Waals surface area contributed by atoms with E-state index in [0.29, 0.717) is 0 Å². The molecular weight excluding hydrogens is 359 g/mol. The molecule has 2 rings (SSSR count). The first-order valence-electron chi connectivity index (χ1n) is 6.62. The van der Waals surface area contributed by atoms with Gasteiger partial charge in [-0.05, 0) is 36.4 Å². The number of carbonyl (C=O) groups is 1. The van der Waals surface area contributed by atoms with Gasteiger partial charge in [0.1, 0.15) is 11.6 Å². The molecule has 0 bridgehead atoms. The lowest BCUT2D eigenvalue weighted by atomic mass is 10.2. The van der Waals surface area contributed by atoms with Crippen LogP contribution in [-0.4, -0.2) is 27.7 Å². The average Bonchev–Trinajstić information content (AvgIpc) is 2.45. The van der Waals surface area contributed by atoms with Gasteiger partial charge in [-0.3, -0.25) is 9.52 Å². The molecule has 9 heteroatoms. The lowest BCUT2D eigenvalue weighted by Crippen LogP contribution is -2.15. The molecule has 0 atom stereocenters. The number of anilines is 2. The van der Waals surface area contributed by atoms with Crippen LogP contribution in [0, 0.1) is 5.82 Å². The van der Waals surface area contributed by atoms with Gasteiger partial charge in [-0.15, -0.1) is 0 Å². The van der Waals surface area contributed by atoms with E-state index < -0.39 is 21.7 Å². The van der Waals surface area contributed by atoms with E-state index in [2.05, 4.69) is 10.0 Å². The number of halogens is 2. The third kappa shape index (κ3) is 4.59. The second-order valence-electron chi connectivity index (χ2n) is 4.87. The number of benzene rings is 2. The lowest BCUT2D eigenvalue weighted by molar-refractivity contribution is 0.102. The van der Waals surface area contributed by atoms with Crippen LogP contribution in [0.2, 0.25) is 5.02 Å². The van der Waals surface area contributed by atoms with Gasteiger partial charge in [-0.1, -0.05) is 11.6 Å². The molecule has 2 N–H and O–H groups in total. The first-order valence-corrected chi connectivity index (χ1v) is 8.89. The molecule has 0 spiro atoms. The van der Waals surface area contributed by atoms with E-state index in [9.17, 15) is 17.6 Å². The molecule has 0 unspecified atom stereocenters. The number of methoxy groups -OCH3 is 1. The minimum Gasteiger partial charge on any atom is -0.495 e. The zero-order valence-electron chi connectivity index (χ0n) is 12.8. The van der Waals surface area contributed by atoms with E-state index in [1.165, 1.54) is 37.4 Å². The molecule has 0 aliphatic heterocycles. The highest BCUT2D eigenvalue weighted by Crippen LogP contribution is 2.29. The fourth-order valence-corrected chi connectivity index (χ4v) is 2.66. The maximum Gasteiger partial charge on any atom is 0.258 e. The van der Waals surface area contributed by atoms with Crippen molar-refractivity contribution in [2.24, 2.45) is 0 Å². The maximum absolute atomic E-state index is 13.8. The number of carbonyl (C=O) groups excluding carboxylic acids is 1. The summed E-state index contributed by atoms with van der Waals surface area (Å²) in [5, 5.41) is 2.66. The van der Waals surface area contributed by atoms with Crippen LogP contribution in [0.3, 0.4) is 0 Å². The average molecular weight is 373 g/mol. The summed E-state index contributed by atoms with van der Waals surface area (Å²) in [6, 6.07) is 8.02. The molecule has 0 saturated carbocycles. The van der Waals surface area contributed by atoms with Crippen molar-refractivity contribution in [3.63, 3.8) is 0 Å². The third-order valence-corrected chi connectivity index (χ3v) is 3.75. The van der Waals surface area contributed by atoms with Gasteiger partial charge in [0.05, 0.1) is 24.6 Å². The van der Waals surface area contributed by atoms with E-state index in [1.54, 1.807) is 0 Å². The highest BCUT2D eigenvalue weighted by atomic mass is 35.5. The van der Waals surface area contributed by atoms with Gasteiger partial charge in [-0.2, -0.15) is 0 Å². The fraction of sp³-hybridized carbons (Fsp3) is 0.133. The Morgan fingerprint density at radius 2 is 1.92 bits per heavy atom. The monoisotopic (exact) mass is 372 g/mol. The first-order chi connectivity index (χ1) is 11.2.